The van der Waals surface area contributed by atoms with Crippen LogP contribution in [0.5, 0.6) is 0 Å². The third kappa shape index (κ3) is 3.34. The molecular formula is C14H14ClFN2O2S. The summed E-state index contributed by atoms with van der Waals surface area (Å²) in [6.45, 7) is 1.75. The van der Waals surface area contributed by atoms with Gasteiger partial charge in [-0.05, 0) is 36.8 Å². The number of benzene rings is 2. The highest BCUT2D eigenvalue weighted by Gasteiger charge is 2.19. The van der Waals surface area contributed by atoms with Crippen molar-refractivity contribution in [2.24, 2.45) is 5.73 Å². The number of rotatable bonds is 4. The summed E-state index contributed by atoms with van der Waals surface area (Å²) in [5.41, 5.74) is 6.59. The predicted octanol–water partition coefficient (Wildman–Crippen LogP) is 3.05. The molecule has 0 amide bonds. The molecule has 0 aromatic heterocycles. The SMILES string of the molecule is Cc1c(F)cccc1NS(=O)(=O)c1ccc(CN)cc1Cl. The standard InChI is InChI=1S/C14H14ClFN2O2S/c1-9-12(16)3-2-4-13(9)18-21(19,20)14-6-5-10(8-17)7-11(14)15/h2-7,18H,8,17H2,1H3. The maximum absolute atomic E-state index is 13.5. The van der Waals surface area contributed by atoms with Gasteiger partial charge in [0.2, 0.25) is 0 Å². The van der Waals surface area contributed by atoms with E-state index in [4.69, 9.17) is 17.3 Å². The molecule has 2 aromatic rings. The number of nitrogens with two attached hydrogens (primary N) is 1. The third-order valence-electron chi connectivity index (χ3n) is 3.03. The Hall–Kier alpha value is -1.63. The van der Waals surface area contributed by atoms with Gasteiger partial charge in [-0.3, -0.25) is 4.72 Å². The van der Waals surface area contributed by atoms with Crippen molar-refractivity contribution in [1.82, 2.24) is 0 Å². The van der Waals surface area contributed by atoms with Crippen molar-refractivity contribution in [3.05, 3.63) is 58.4 Å². The Morgan fingerprint density at radius 1 is 1.29 bits per heavy atom. The minimum Gasteiger partial charge on any atom is -0.326 e. The topological polar surface area (TPSA) is 72.2 Å². The van der Waals surface area contributed by atoms with Gasteiger partial charge in [-0.1, -0.05) is 23.7 Å². The molecule has 0 radical (unpaired) electrons. The van der Waals surface area contributed by atoms with Gasteiger partial charge >= 0.3 is 0 Å². The number of halogens is 2. The summed E-state index contributed by atoms with van der Waals surface area (Å²) < 4.78 is 40.5. The lowest BCUT2D eigenvalue weighted by atomic mass is 10.2. The van der Waals surface area contributed by atoms with Crippen LogP contribution in [0.2, 0.25) is 5.02 Å². The lowest BCUT2D eigenvalue weighted by molar-refractivity contribution is 0.600. The molecule has 0 atom stereocenters. The molecule has 0 fully saturated rings. The van der Waals surface area contributed by atoms with E-state index in [1.54, 1.807) is 6.07 Å². The average Bonchev–Trinajstić information content (AvgIpc) is 2.43. The predicted molar refractivity (Wildman–Crippen MR) is 81.3 cm³/mol. The monoisotopic (exact) mass is 328 g/mol. The van der Waals surface area contributed by atoms with Crippen molar-refractivity contribution >= 4 is 27.3 Å². The second kappa shape index (κ2) is 6.01. The summed E-state index contributed by atoms with van der Waals surface area (Å²) in [6.07, 6.45) is 0. The van der Waals surface area contributed by atoms with E-state index in [2.05, 4.69) is 4.72 Å². The number of hydrogen-bond acceptors (Lipinski definition) is 3. The van der Waals surface area contributed by atoms with Crippen LogP contribution in [0.15, 0.2) is 41.3 Å². The molecule has 0 heterocycles. The molecule has 0 unspecified atom stereocenters. The quantitative estimate of drug-likeness (QED) is 0.906. The molecule has 0 aliphatic heterocycles. The highest BCUT2D eigenvalue weighted by Crippen LogP contribution is 2.26. The van der Waals surface area contributed by atoms with Crippen LogP contribution in [-0.2, 0) is 16.6 Å². The van der Waals surface area contributed by atoms with Crippen LogP contribution >= 0.6 is 11.6 Å². The number of anilines is 1. The maximum atomic E-state index is 13.5. The Kier molecular flexibility index (Phi) is 4.51. The van der Waals surface area contributed by atoms with Gasteiger partial charge < -0.3 is 5.73 Å². The van der Waals surface area contributed by atoms with Crippen LogP contribution in [0, 0.1) is 12.7 Å². The van der Waals surface area contributed by atoms with E-state index in [9.17, 15) is 12.8 Å². The zero-order chi connectivity index (χ0) is 15.6. The van der Waals surface area contributed by atoms with E-state index < -0.39 is 15.8 Å². The first-order chi connectivity index (χ1) is 9.85. The van der Waals surface area contributed by atoms with Crippen molar-refractivity contribution in [3.8, 4) is 0 Å². The third-order valence-corrected chi connectivity index (χ3v) is 4.88. The zero-order valence-electron chi connectivity index (χ0n) is 11.2. The van der Waals surface area contributed by atoms with Gasteiger partial charge in [0.1, 0.15) is 10.7 Å². The molecule has 0 bridgehead atoms. The van der Waals surface area contributed by atoms with Gasteiger partial charge in [-0.25, -0.2) is 12.8 Å². The maximum Gasteiger partial charge on any atom is 0.263 e. The Morgan fingerprint density at radius 3 is 2.62 bits per heavy atom. The van der Waals surface area contributed by atoms with Crippen LogP contribution in [0.1, 0.15) is 11.1 Å². The summed E-state index contributed by atoms with van der Waals surface area (Å²) in [6, 6.07) is 8.63. The molecule has 0 aliphatic rings. The Labute approximate surface area is 127 Å². The smallest absolute Gasteiger partial charge is 0.263 e. The molecule has 0 saturated carbocycles. The first kappa shape index (κ1) is 15.8. The van der Waals surface area contributed by atoms with E-state index in [0.717, 1.165) is 5.56 Å². The van der Waals surface area contributed by atoms with E-state index in [-0.39, 0.29) is 27.7 Å². The molecule has 2 aromatic carbocycles. The van der Waals surface area contributed by atoms with Crippen LogP contribution in [-0.4, -0.2) is 8.42 Å². The fourth-order valence-corrected chi connectivity index (χ4v) is 3.50. The normalized spacial score (nSPS) is 11.4. The highest BCUT2D eigenvalue weighted by molar-refractivity contribution is 7.92. The van der Waals surface area contributed by atoms with Crippen LogP contribution in [0.3, 0.4) is 0 Å². The number of nitrogens with one attached hydrogen (secondary N) is 1. The van der Waals surface area contributed by atoms with Crippen molar-refractivity contribution in [2.45, 2.75) is 18.4 Å². The second-order valence-corrected chi connectivity index (χ2v) is 6.54. The minimum absolute atomic E-state index is 0.0690. The first-order valence-corrected chi connectivity index (χ1v) is 7.97. The molecule has 2 rings (SSSR count). The Balaban J connectivity index is 2.41. The summed E-state index contributed by atoms with van der Waals surface area (Å²) in [5, 5.41) is 0.0690. The number of hydrogen-bond donors (Lipinski definition) is 2. The fourth-order valence-electron chi connectivity index (χ4n) is 1.81. The van der Waals surface area contributed by atoms with Crippen molar-refractivity contribution < 1.29 is 12.8 Å². The Bertz CT molecular complexity index is 779. The van der Waals surface area contributed by atoms with E-state index in [1.165, 1.54) is 37.3 Å². The van der Waals surface area contributed by atoms with Gasteiger partial charge in [0.05, 0.1) is 10.7 Å². The molecule has 0 spiro atoms. The van der Waals surface area contributed by atoms with Gasteiger partial charge in [0, 0.05) is 12.1 Å². The van der Waals surface area contributed by atoms with Crippen LogP contribution < -0.4 is 10.5 Å². The average molecular weight is 329 g/mol. The van der Waals surface area contributed by atoms with E-state index in [1.807, 2.05) is 0 Å². The van der Waals surface area contributed by atoms with Gasteiger partial charge in [-0.2, -0.15) is 0 Å². The Morgan fingerprint density at radius 2 is 2.00 bits per heavy atom. The van der Waals surface area contributed by atoms with Crippen molar-refractivity contribution in [3.63, 3.8) is 0 Å². The lowest BCUT2D eigenvalue weighted by Crippen LogP contribution is -2.15. The van der Waals surface area contributed by atoms with Crippen LogP contribution in [0.4, 0.5) is 10.1 Å². The van der Waals surface area contributed by atoms with Gasteiger partial charge in [0.15, 0.2) is 0 Å². The molecule has 4 nitrogen and oxygen atoms in total. The lowest BCUT2D eigenvalue weighted by Gasteiger charge is -2.12. The zero-order valence-corrected chi connectivity index (χ0v) is 12.8. The fraction of sp³-hybridized carbons (Fsp3) is 0.143. The second-order valence-electron chi connectivity index (χ2n) is 4.49. The first-order valence-electron chi connectivity index (χ1n) is 6.11. The molecule has 0 aliphatic carbocycles. The summed E-state index contributed by atoms with van der Waals surface area (Å²) in [7, 11) is -3.90. The van der Waals surface area contributed by atoms with Crippen LogP contribution in [0.25, 0.3) is 0 Å². The molecule has 21 heavy (non-hydrogen) atoms. The summed E-state index contributed by atoms with van der Waals surface area (Å²) >= 11 is 5.98. The molecule has 7 heteroatoms. The van der Waals surface area contributed by atoms with E-state index >= 15 is 0 Å². The van der Waals surface area contributed by atoms with E-state index in [0.29, 0.717) is 0 Å². The number of sulfonamides is 1. The largest absolute Gasteiger partial charge is 0.326 e. The molecular weight excluding hydrogens is 315 g/mol. The molecule has 3 N–H and O–H groups in total. The summed E-state index contributed by atoms with van der Waals surface area (Å²) in [5.74, 6) is -0.486. The highest BCUT2D eigenvalue weighted by atomic mass is 35.5. The molecule has 0 saturated heterocycles. The molecule has 112 valence electrons. The minimum atomic E-state index is -3.90. The summed E-state index contributed by atoms with van der Waals surface area (Å²) in [4.78, 5) is -0.0787. The van der Waals surface area contributed by atoms with Gasteiger partial charge in [-0.15, -0.1) is 0 Å². The van der Waals surface area contributed by atoms with Crippen molar-refractivity contribution in [1.29, 1.82) is 0 Å². The van der Waals surface area contributed by atoms with Crippen molar-refractivity contribution in [2.75, 3.05) is 4.72 Å². The van der Waals surface area contributed by atoms with Gasteiger partial charge in [0.25, 0.3) is 10.0 Å².